The molecule has 0 atom stereocenters. The first kappa shape index (κ1) is 18.2. The summed E-state index contributed by atoms with van der Waals surface area (Å²) in [6.45, 7) is 5.37. The van der Waals surface area contributed by atoms with E-state index in [1.54, 1.807) is 23.1 Å². The van der Waals surface area contributed by atoms with Crippen molar-refractivity contribution in [3.8, 4) is 0 Å². The van der Waals surface area contributed by atoms with Gasteiger partial charge in [0.15, 0.2) is 4.34 Å². The third kappa shape index (κ3) is 5.46. The number of aromatic nitrogens is 2. The first-order valence-electron chi connectivity index (χ1n) is 7.81. The molecular formula is C16H23N3O2S2. The maximum atomic E-state index is 8.65. The molecule has 2 aromatic rings. The molecule has 7 heteroatoms. The monoisotopic (exact) mass is 353 g/mol. The van der Waals surface area contributed by atoms with E-state index < -0.39 is 0 Å². The molecule has 0 unspecified atom stereocenters. The third-order valence-corrected chi connectivity index (χ3v) is 5.26. The highest BCUT2D eigenvalue weighted by molar-refractivity contribution is 8.01. The minimum Gasteiger partial charge on any atom is -0.394 e. The number of rotatable bonds is 10. The summed E-state index contributed by atoms with van der Waals surface area (Å²) in [7, 11) is 0. The lowest BCUT2D eigenvalue weighted by Crippen LogP contribution is -2.02. The van der Waals surface area contributed by atoms with Crippen LogP contribution in [0.1, 0.15) is 25.0 Å². The second kappa shape index (κ2) is 9.87. The number of hydrogen-bond acceptors (Lipinski definition) is 7. The number of ether oxygens (including phenoxy) is 1. The van der Waals surface area contributed by atoms with E-state index in [0.29, 0.717) is 13.2 Å². The molecule has 0 radical (unpaired) electrons. The number of aliphatic hydroxyl groups is 1. The Morgan fingerprint density at radius 3 is 2.57 bits per heavy atom. The molecule has 0 saturated carbocycles. The Kier molecular flexibility index (Phi) is 7.81. The van der Waals surface area contributed by atoms with Crippen LogP contribution in [0.2, 0.25) is 0 Å². The molecule has 0 spiro atoms. The third-order valence-electron chi connectivity index (χ3n) is 3.33. The van der Waals surface area contributed by atoms with Crippen LogP contribution in [0, 0.1) is 0 Å². The van der Waals surface area contributed by atoms with Gasteiger partial charge in [-0.25, -0.2) is 0 Å². The van der Waals surface area contributed by atoms with E-state index in [-0.39, 0.29) is 6.61 Å². The van der Waals surface area contributed by atoms with Crippen molar-refractivity contribution in [3.05, 3.63) is 29.3 Å². The Morgan fingerprint density at radius 2 is 1.91 bits per heavy atom. The van der Waals surface area contributed by atoms with Crippen LogP contribution in [-0.2, 0) is 17.6 Å². The summed E-state index contributed by atoms with van der Waals surface area (Å²) in [6.07, 6.45) is 1.97. The average Bonchev–Trinajstić information content (AvgIpc) is 3.02. The zero-order valence-electron chi connectivity index (χ0n) is 13.5. The molecule has 0 aliphatic rings. The second-order valence-electron chi connectivity index (χ2n) is 4.84. The topological polar surface area (TPSA) is 67.3 Å². The summed E-state index contributed by atoms with van der Waals surface area (Å²) in [6, 6.07) is 6.41. The predicted octanol–water partition coefficient (Wildman–Crippen LogP) is 3.51. The van der Waals surface area contributed by atoms with Crippen LogP contribution in [-0.4, -0.2) is 40.9 Å². The number of aliphatic hydroxyl groups excluding tert-OH is 1. The fraction of sp³-hybridized carbons (Fsp3) is 0.500. The van der Waals surface area contributed by atoms with Crippen LogP contribution < -0.4 is 5.32 Å². The number of anilines is 2. The first-order valence-corrected chi connectivity index (χ1v) is 9.61. The van der Waals surface area contributed by atoms with Crippen molar-refractivity contribution in [3.63, 3.8) is 0 Å². The van der Waals surface area contributed by atoms with Crippen molar-refractivity contribution >= 4 is 33.9 Å². The molecule has 0 fully saturated rings. The van der Waals surface area contributed by atoms with Crippen LogP contribution in [0.5, 0.6) is 0 Å². The number of para-hydroxylation sites is 1. The van der Waals surface area contributed by atoms with E-state index in [1.807, 2.05) is 0 Å². The summed E-state index contributed by atoms with van der Waals surface area (Å²) in [5.74, 6) is 0.806. The number of nitrogens with one attached hydrogen (secondary N) is 1. The van der Waals surface area contributed by atoms with Gasteiger partial charge in [-0.1, -0.05) is 55.1 Å². The van der Waals surface area contributed by atoms with Gasteiger partial charge < -0.3 is 15.2 Å². The number of benzene rings is 1. The average molecular weight is 354 g/mol. The van der Waals surface area contributed by atoms with E-state index in [0.717, 1.165) is 33.8 Å². The molecule has 2 N–H and O–H groups in total. The molecule has 0 amide bonds. The first-order chi connectivity index (χ1) is 11.3. The summed E-state index contributed by atoms with van der Waals surface area (Å²) in [4.78, 5) is 0. The van der Waals surface area contributed by atoms with Crippen LogP contribution >= 0.6 is 23.1 Å². The molecule has 2 rings (SSSR count). The van der Waals surface area contributed by atoms with Gasteiger partial charge in [-0.15, -0.1) is 10.2 Å². The lowest BCUT2D eigenvalue weighted by atomic mass is 10.0. The van der Waals surface area contributed by atoms with Crippen molar-refractivity contribution < 1.29 is 9.84 Å². The molecule has 5 nitrogen and oxygen atoms in total. The van der Waals surface area contributed by atoms with Gasteiger partial charge in [0, 0.05) is 11.4 Å². The van der Waals surface area contributed by atoms with E-state index >= 15 is 0 Å². The van der Waals surface area contributed by atoms with Gasteiger partial charge in [-0.3, -0.25) is 0 Å². The van der Waals surface area contributed by atoms with Crippen molar-refractivity contribution in [2.45, 2.75) is 31.0 Å². The second-order valence-corrected chi connectivity index (χ2v) is 7.16. The molecule has 1 heterocycles. The molecule has 1 aromatic carbocycles. The predicted molar refractivity (Wildman–Crippen MR) is 97.0 cm³/mol. The van der Waals surface area contributed by atoms with E-state index in [2.05, 4.69) is 47.6 Å². The van der Waals surface area contributed by atoms with E-state index in [1.165, 1.54) is 11.1 Å². The van der Waals surface area contributed by atoms with Gasteiger partial charge in [0.1, 0.15) is 0 Å². The quantitative estimate of drug-likeness (QED) is 0.503. The largest absolute Gasteiger partial charge is 0.394 e. The van der Waals surface area contributed by atoms with E-state index in [9.17, 15) is 0 Å². The SMILES string of the molecule is CCc1cccc(CC)c1Nc1nnc(SCCOCCO)s1. The Hall–Kier alpha value is -1.15. The summed E-state index contributed by atoms with van der Waals surface area (Å²) >= 11 is 3.18. The molecule has 0 aliphatic carbocycles. The molecule has 23 heavy (non-hydrogen) atoms. The van der Waals surface area contributed by atoms with Gasteiger partial charge in [-0.2, -0.15) is 0 Å². The standard InChI is InChI=1S/C16H23N3O2S2/c1-3-12-6-5-7-13(4-2)14(12)17-15-18-19-16(23-15)22-11-10-21-9-8-20/h5-7,20H,3-4,8-11H2,1-2H3,(H,17,18). The molecular weight excluding hydrogens is 330 g/mol. The summed E-state index contributed by atoms with van der Waals surface area (Å²) < 4.78 is 6.16. The minimum atomic E-state index is 0.0636. The van der Waals surface area contributed by atoms with Gasteiger partial charge in [0.25, 0.3) is 0 Å². The van der Waals surface area contributed by atoms with Gasteiger partial charge in [-0.05, 0) is 24.0 Å². The van der Waals surface area contributed by atoms with Crippen LogP contribution in [0.3, 0.4) is 0 Å². The highest BCUT2D eigenvalue weighted by Gasteiger charge is 2.10. The highest BCUT2D eigenvalue weighted by Crippen LogP contribution is 2.31. The minimum absolute atomic E-state index is 0.0636. The molecule has 1 aromatic heterocycles. The zero-order valence-corrected chi connectivity index (χ0v) is 15.2. The lowest BCUT2D eigenvalue weighted by Gasteiger charge is -2.13. The van der Waals surface area contributed by atoms with E-state index in [4.69, 9.17) is 9.84 Å². The van der Waals surface area contributed by atoms with Crippen molar-refractivity contribution in [2.75, 3.05) is 30.9 Å². The Bertz CT molecular complexity index is 583. The Labute approximate surface area is 145 Å². The maximum Gasteiger partial charge on any atom is 0.210 e. The lowest BCUT2D eigenvalue weighted by molar-refractivity contribution is 0.103. The van der Waals surface area contributed by atoms with Crippen molar-refractivity contribution in [2.24, 2.45) is 0 Å². The Morgan fingerprint density at radius 1 is 1.17 bits per heavy atom. The molecule has 0 aliphatic heterocycles. The maximum absolute atomic E-state index is 8.65. The van der Waals surface area contributed by atoms with Crippen molar-refractivity contribution in [1.82, 2.24) is 10.2 Å². The van der Waals surface area contributed by atoms with Crippen molar-refractivity contribution in [1.29, 1.82) is 0 Å². The van der Waals surface area contributed by atoms with Crippen LogP contribution in [0.4, 0.5) is 10.8 Å². The fourth-order valence-corrected chi connectivity index (χ4v) is 3.86. The summed E-state index contributed by atoms with van der Waals surface area (Å²) in [5, 5.41) is 21.3. The summed E-state index contributed by atoms with van der Waals surface area (Å²) in [5.41, 5.74) is 3.76. The number of hydrogen-bond donors (Lipinski definition) is 2. The Balaban J connectivity index is 1.96. The molecule has 126 valence electrons. The van der Waals surface area contributed by atoms with Crippen LogP contribution in [0.25, 0.3) is 0 Å². The van der Waals surface area contributed by atoms with Gasteiger partial charge in [0.2, 0.25) is 5.13 Å². The normalized spacial score (nSPS) is 10.9. The number of nitrogens with zero attached hydrogens (tertiary/aromatic N) is 2. The molecule has 0 bridgehead atoms. The smallest absolute Gasteiger partial charge is 0.210 e. The van der Waals surface area contributed by atoms with Gasteiger partial charge in [0.05, 0.1) is 19.8 Å². The van der Waals surface area contributed by atoms with Gasteiger partial charge >= 0.3 is 0 Å². The number of aryl methyl sites for hydroxylation is 2. The highest BCUT2D eigenvalue weighted by atomic mass is 32.2. The fourth-order valence-electron chi connectivity index (χ4n) is 2.18. The zero-order chi connectivity index (χ0) is 16.5. The number of thioether (sulfide) groups is 1. The molecule has 0 saturated heterocycles. The van der Waals surface area contributed by atoms with Crippen LogP contribution in [0.15, 0.2) is 22.5 Å².